The van der Waals surface area contributed by atoms with Gasteiger partial charge < -0.3 is 4.42 Å². The van der Waals surface area contributed by atoms with Crippen LogP contribution in [0.25, 0.3) is 50.2 Å². The molecule has 0 amide bonds. The first-order valence-corrected chi connectivity index (χ1v) is 19.5. The van der Waals surface area contributed by atoms with Crippen molar-refractivity contribution in [3.63, 3.8) is 0 Å². The predicted octanol–water partition coefficient (Wildman–Crippen LogP) is 12.7. The van der Waals surface area contributed by atoms with Crippen LogP contribution in [0.2, 0.25) is 0 Å². The lowest BCUT2D eigenvalue weighted by Gasteiger charge is -2.33. The van der Waals surface area contributed by atoms with E-state index in [2.05, 4.69) is 36.9 Å². The van der Waals surface area contributed by atoms with Gasteiger partial charge in [0.25, 0.3) is 0 Å². The summed E-state index contributed by atoms with van der Waals surface area (Å²) in [4.78, 5) is 10.1. The van der Waals surface area contributed by atoms with Gasteiger partial charge in [0, 0.05) is 22.3 Å². The van der Waals surface area contributed by atoms with Gasteiger partial charge in [0.05, 0.1) is 16.7 Å². The lowest BCUT2D eigenvalue weighted by atomic mass is 10.0. The molecule has 6 nitrogen and oxygen atoms in total. The second-order valence-electron chi connectivity index (χ2n) is 13.0. The highest BCUT2D eigenvalue weighted by Crippen LogP contribution is 2.70. The maximum absolute atomic E-state index is 16.0. The predicted molar refractivity (Wildman–Crippen MR) is 224 cm³/mol. The standard InChI is InChI=1S/C47H35N4O2P/c1-3-5-18-33(4-2)44-46-45(49-47(48-44)34-19-10-6-11-20-34)40-31-35(28-30-43(40)53-46)36-27-29-41-42(32-36)51(38-23-14-8-15-24-38)54(52,39-25-16-9-17-26-39)50(41)37-21-12-7-13-22-37/h3-32H,1H2,2H3/b18-5-,33-4+. The Morgan fingerprint density at radius 3 is 1.91 bits per heavy atom. The Bertz CT molecular complexity index is 2780. The van der Waals surface area contributed by atoms with Gasteiger partial charge >= 0.3 is 7.44 Å². The Morgan fingerprint density at radius 1 is 0.667 bits per heavy atom. The molecule has 260 valence electrons. The molecule has 9 rings (SSSR count). The van der Waals surface area contributed by atoms with Crippen LogP contribution in [-0.2, 0) is 4.57 Å². The van der Waals surface area contributed by atoms with E-state index in [0.717, 1.165) is 61.2 Å². The van der Waals surface area contributed by atoms with Gasteiger partial charge in [-0.25, -0.2) is 9.97 Å². The van der Waals surface area contributed by atoms with Crippen molar-refractivity contribution in [3.8, 4) is 22.5 Å². The molecule has 0 fully saturated rings. The van der Waals surface area contributed by atoms with Gasteiger partial charge in [-0.05, 0) is 84.3 Å². The van der Waals surface area contributed by atoms with Gasteiger partial charge in [0.1, 0.15) is 16.8 Å². The third-order valence-corrected chi connectivity index (χ3v) is 12.7. The van der Waals surface area contributed by atoms with Crippen molar-refractivity contribution in [2.75, 3.05) is 9.34 Å². The second kappa shape index (κ2) is 13.7. The van der Waals surface area contributed by atoms with Gasteiger partial charge in [-0.3, -0.25) is 13.9 Å². The molecule has 0 spiro atoms. The first-order valence-electron chi connectivity index (χ1n) is 17.9. The zero-order valence-corrected chi connectivity index (χ0v) is 30.5. The minimum absolute atomic E-state index is 0.617. The van der Waals surface area contributed by atoms with Crippen molar-refractivity contribution in [2.24, 2.45) is 0 Å². The van der Waals surface area contributed by atoms with Crippen molar-refractivity contribution in [3.05, 3.63) is 194 Å². The van der Waals surface area contributed by atoms with Crippen molar-refractivity contribution in [2.45, 2.75) is 6.92 Å². The highest BCUT2D eigenvalue weighted by molar-refractivity contribution is 7.76. The van der Waals surface area contributed by atoms with Crippen LogP contribution in [-0.4, -0.2) is 9.97 Å². The summed E-state index contributed by atoms with van der Waals surface area (Å²) in [6, 6.07) is 52.3. The number of nitrogens with zero attached hydrogens (tertiary/aromatic N) is 4. The molecule has 1 atom stereocenters. The molecule has 8 aromatic rings. The number of hydrogen-bond donors (Lipinski definition) is 0. The third kappa shape index (κ3) is 5.47. The van der Waals surface area contributed by atoms with Gasteiger partial charge in [-0.2, -0.15) is 0 Å². The topological polar surface area (TPSA) is 62.5 Å². The van der Waals surface area contributed by atoms with Gasteiger partial charge in [0.2, 0.25) is 0 Å². The molecular formula is C47H35N4O2P. The maximum atomic E-state index is 16.0. The van der Waals surface area contributed by atoms with Crippen molar-refractivity contribution in [1.29, 1.82) is 0 Å². The highest BCUT2D eigenvalue weighted by Gasteiger charge is 2.49. The van der Waals surface area contributed by atoms with Gasteiger partial charge in [-0.1, -0.05) is 128 Å². The number of rotatable bonds is 8. The Morgan fingerprint density at radius 2 is 1.26 bits per heavy atom. The average molecular weight is 719 g/mol. The van der Waals surface area contributed by atoms with Crippen LogP contribution >= 0.6 is 7.44 Å². The van der Waals surface area contributed by atoms with E-state index >= 15 is 4.57 Å². The summed E-state index contributed by atoms with van der Waals surface area (Å²) in [6.45, 7) is 5.84. The van der Waals surface area contributed by atoms with Crippen LogP contribution in [0.1, 0.15) is 12.6 Å². The fraction of sp³-hybridized carbons (Fsp3) is 0.0213. The molecule has 1 aliphatic rings. The molecule has 7 heteroatoms. The van der Waals surface area contributed by atoms with E-state index in [4.69, 9.17) is 14.4 Å². The van der Waals surface area contributed by atoms with Gasteiger partial charge in [-0.15, -0.1) is 0 Å². The summed E-state index contributed by atoms with van der Waals surface area (Å²) >= 11 is 0. The molecule has 0 aliphatic carbocycles. The number of para-hydroxylation sites is 2. The van der Waals surface area contributed by atoms with E-state index in [-0.39, 0.29) is 0 Å². The smallest absolute Gasteiger partial charge is 0.301 e. The monoisotopic (exact) mass is 718 g/mol. The zero-order valence-electron chi connectivity index (χ0n) is 29.6. The fourth-order valence-electron chi connectivity index (χ4n) is 7.23. The Kier molecular flexibility index (Phi) is 8.38. The van der Waals surface area contributed by atoms with E-state index in [1.54, 1.807) is 6.08 Å². The molecule has 54 heavy (non-hydrogen) atoms. The SMILES string of the molecule is C=C/C=C\C(=C/C)c1nc(-c2ccccc2)nc2c1oc1ccc(-c3ccc4c(c3)N(c3ccccc3)P(=O)(c3ccccc3)N4c3ccccc3)cc12. The van der Waals surface area contributed by atoms with Crippen molar-refractivity contribution in [1.82, 2.24) is 9.97 Å². The second-order valence-corrected chi connectivity index (χ2v) is 15.4. The van der Waals surface area contributed by atoms with Crippen molar-refractivity contribution < 1.29 is 8.98 Å². The number of aromatic nitrogens is 2. The van der Waals surface area contributed by atoms with E-state index in [0.29, 0.717) is 22.7 Å². The van der Waals surface area contributed by atoms with Crippen LogP contribution in [0, 0.1) is 0 Å². The van der Waals surface area contributed by atoms with E-state index in [1.165, 1.54) is 0 Å². The molecule has 6 aromatic carbocycles. The normalized spacial score (nSPS) is 15.7. The Labute approximate surface area is 314 Å². The number of furan rings is 1. The zero-order chi connectivity index (χ0) is 36.6. The molecule has 1 unspecified atom stereocenters. The van der Waals surface area contributed by atoms with E-state index < -0.39 is 7.44 Å². The van der Waals surface area contributed by atoms with Gasteiger partial charge in [0.15, 0.2) is 11.4 Å². The largest absolute Gasteiger partial charge is 0.452 e. The quantitative estimate of drug-likeness (QED) is 0.115. The third-order valence-electron chi connectivity index (χ3n) is 9.74. The molecule has 0 bridgehead atoms. The number of hydrogen-bond acceptors (Lipinski definition) is 4. The van der Waals surface area contributed by atoms with Crippen LogP contribution < -0.4 is 14.6 Å². The minimum Gasteiger partial charge on any atom is -0.452 e. The Hall–Kier alpha value is -6.75. The van der Waals surface area contributed by atoms with Crippen LogP contribution in [0.3, 0.4) is 0 Å². The highest BCUT2D eigenvalue weighted by atomic mass is 31.2. The molecule has 3 heterocycles. The summed E-state index contributed by atoms with van der Waals surface area (Å²) in [5, 5.41) is 1.63. The molecule has 0 N–H and O–H groups in total. The van der Waals surface area contributed by atoms with E-state index in [9.17, 15) is 0 Å². The summed E-state index contributed by atoms with van der Waals surface area (Å²) in [5.74, 6) is 0.617. The number of anilines is 4. The Balaban J connectivity index is 1.26. The molecule has 2 aromatic heterocycles. The summed E-state index contributed by atoms with van der Waals surface area (Å²) in [6.07, 6.45) is 7.65. The van der Waals surface area contributed by atoms with E-state index in [1.807, 2.05) is 162 Å². The summed E-state index contributed by atoms with van der Waals surface area (Å²) in [7, 11) is -3.49. The molecular weight excluding hydrogens is 684 g/mol. The van der Waals surface area contributed by atoms with Crippen LogP contribution in [0.4, 0.5) is 22.7 Å². The molecule has 1 aliphatic heterocycles. The summed E-state index contributed by atoms with van der Waals surface area (Å²) < 4.78 is 26.6. The first-order chi connectivity index (χ1) is 26.6. The molecule has 0 radical (unpaired) electrons. The maximum Gasteiger partial charge on any atom is 0.301 e. The lowest BCUT2D eigenvalue weighted by Crippen LogP contribution is -2.26. The molecule has 0 saturated heterocycles. The average Bonchev–Trinajstić information content (AvgIpc) is 3.74. The number of benzene rings is 6. The number of allylic oxidation sites excluding steroid dienone is 5. The van der Waals surface area contributed by atoms with Crippen LogP contribution in [0.15, 0.2) is 193 Å². The minimum atomic E-state index is -3.49. The molecule has 0 saturated carbocycles. The fourth-order valence-corrected chi connectivity index (χ4v) is 10.2. The van der Waals surface area contributed by atoms with Crippen LogP contribution in [0.5, 0.6) is 0 Å². The lowest BCUT2D eigenvalue weighted by molar-refractivity contribution is 0.582. The van der Waals surface area contributed by atoms with Crippen molar-refractivity contribution >= 4 is 63.1 Å². The number of fused-ring (bicyclic) bond motifs is 4. The summed E-state index contributed by atoms with van der Waals surface area (Å²) in [5.41, 5.74) is 9.99. The first kappa shape index (κ1) is 33.1.